The molecule has 0 heterocycles. The predicted molar refractivity (Wildman–Crippen MR) is 106 cm³/mol. The summed E-state index contributed by atoms with van der Waals surface area (Å²) in [5.41, 5.74) is 2.34. The van der Waals surface area contributed by atoms with Gasteiger partial charge in [0, 0.05) is 22.4 Å². The second-order valence-electron chi connectivity index (χ2n) is 5.59. The molecule has 0 bridgehead atoms. The summed E-state index contributed by atoms with van der Waals surface area (Å²) in [5.74, 6) is 0.973. The normalized spacial score (nSPS) is 11.7. The summed E-state index contributed by atoms with van der Waals surface area (Å²) < 4.78 is 0. The van der Waals surface area contributed by atoms with E-state index in [-0.39, 0.29) is 0 Å². The molecule has 4 heteroatoms. The molecule has 2 N–H and O–H groups in total. The highest BCUT2D eigenvalue weighted by Crippen LogP contribution is 2.23. The van der Waals surface area contributed by atoms with Crippen LogP contribution in [0.25, 0.3) is 0 Å². The van der Waals surface area contributed by atoms with Gasteiger partial charge in [-0.05, 0) is 55.4 Å². The number of nitrogens with one attached hydrogen (secondary N) is 2. The van der Waals surface area contributed by atoms with Gasteiger partial charge in [-0.15, -0.1) is 11.8 Å². The smallest absolute Gasteiger partial charge is 0.170 e. The molecule has 122 valence electrons. The summed E-state index contributed by atoms with van der Waals surface area (Å²) in [6.07, 6.45) is 2.28. The maximum Gasteiger partial charge on any atom is 0.170 e. The molecule has 1 atom stereocenters. The Morgan fingerprint density at radius 3 is 2.43 bits per heavy atom. The Balaban J connectivity index is 1.81. The van der Waals surface area contributed by atoms with E-state index in [0.717, 1.165) is 24.3 Å². The highest BCUT2D eigenvalue weighted by Gasteiger charge is 2.03. The van der Waals surface area contributed by atoms with Crippen molar-refractivity contribution in [3.63, 3.8) is 0 Å². The zero-order valence-corrected chi connectivity index (χ0v) is 15.3. The molecule has 0 aliphatic rings. The van der Waals surface area contributed by atoms with E-state index in [4.69, 9.17) is 12.2 Å². The lowest BCUT2D eigenvalue weighted by Crippen LogP contribution is -2.35. The Morgan fingerprint density at radius 1 is 1.09 bits per heavy atom. The fraction of sp³-hybridized carbons (Fsp3) is 0.316. The van der Waals surface area contributed by atoms with E-state index in [1.165, 1.54) is 10.5 Å². The summed E-state index contributed by atoms with van der Waals surface area (Å²) in [7, 11) is 0. The average molecular weight is 345 g/mol. The molecule has 0 radical (unpaired) electrons. The van der Waals surface area contributed by atoms with Crippen LogP contribution in [0.3, 0.4) is 0 Å². The van der Waals surface area contributed by atoms with E-state index in [0.29, 0.717) is 11.2 Å². The summed E-state index contributed by atoms with van der Waals surface area (Å²) in [6, 6.07) is 19.3. The number of hydrogen-bond acceptors (Lipinski definition) is 2. The lowest BCUT2D eigenvalue weighted by Gasteiger charge is -2.16. The molecule has 0 aromatic heterocycles. The van der Waals surface area contributed by atoms with Gasteiger partial charge in [-0.25, -0.2) is 0 Å². The molecule has 0 saturated heterocycles. The van der Waals surface area contributed by atoms with Gasteiger partial charge in [0.05, 0.1) is 0 Å². The van der Waals surface area contributed by atoms with E-state index in [9.17, 15) is 0 Å². The van der Waals surface area contributed by atoms with Crippen molar-refractivity contribution in [3.8, 4) is 0 Å². The van der Waals surface area contributed by atoms with E-state index in [2.05, 4.69) is 73.0 Å². The van der Waals surface area contributed by atoms with E-state index in [1.54, 1.807) is 0 Å². The highest BCUT2D eigenvalue weighted by molar-refractivity contribution is 7.98. The van der Waals surface area contributed by atoms with E-state index in [1.807, 2.05) is 17.8 Å². The largest absolute Gasteiger partial charge is 0.360 e. The number of rotatable bonds is 7. The van der Waals surface area contributed by atoms with Crippen molar-refractivity contribution in [3.05, 3.63) is 60.2 Å². The van der Waals surface area contributed by atoms with Crippen LogP contribution in [0, 0.1) is 0 Å². The molecular weight excluding hydrogens is 320 g/mol. The van der Waals surface area contributed by atoms with Crippen LogP contribution in [0.5, 0.6) is 0 Å². The first-order valence-electron chi connectivity index (χ1n) is 8.01. The summed E-state index contributed by atoms with van der Waals surface area (Å²) in [6.45, 7) is 4.34. The minimum absolute atomic E-state index is 0.404. The molecule has 2 aromatic rings. The molecule has 0 unspecified atom stereocenters. The van der Waals surface area contributed by atoms with Gasteiger partial charge in [-0.2, -0.15) is 0 Å². The zero-order chi connectivity index (χ0) is 16.5. The van der Waals surface area contributed by atoms with Crippen molar-refractivity contribution in [2.24, 2.45) is 0 Å². The second kappa shape index (κ2) is 9.58. The van der Waals surface area contributed by atoms with Crippen molar-refractivity contribution in [1.29, 1.82) is 0 Å². The molecule has 0 aliphatic heterocycles. The quantitative estimate of drug-likeness (QED) is 0.515. The van der Waals surface area contributed by atoms with Crippen LogP contribution in [0.15, 0.2) is 59.5 Å². The topological polar surface area (TPSA) is 24.1 Å². The van der Waals surface area contributed by atoms with E-state index >= 15 is 0 Å². The maximum absolute atomic E-state index is 5.35. The van der Waals surface area contributed by atoms with Crippen molar-refractivity contribution in [2.45, 2.75) is 43.4 Å². The van der Waals surface area contributed by atoms with E-state index < -0.39 is 0 Å². The van der Waals surface area contributed by atoms with Gasteiger partial charge in [0.15, 0.2) is 5.11 Å². The first-order valence-corrected chi connectivity index (χ1v) is 9.41. The van der Waals surface area contributed by atoms with Crippen LogP contribution < -0.4 is 10.6 Å². The molecule has 0 fully saturated rings. The molecule has 23 heavy (non-hydrogen) atoms. The van der Waals surface area contributed by atoms with Gasteiger partial charge in [0.2, 0.25) is 0 Å². The van der Waals surface area contributed by atoms with Crippen LogP contribution in [-0.2, 0) is 5.75 Å². The van der Waals surface area contributed by atoms with Crippen molar-refractivity contribution in [2.75, 3.05) is 5.32 Å². The first kappa shape index (κ1) is 17.8. The highest BCUT2D eigenvalue weighted by atomic mass is 32.2. The SMILES string of the molecule is CCC[C@@H](C)NC(=S)Nc1ccc(CSc2ccccc2)cc1. The van der Waals surface area contributed by atoms with Gasteiger partial charge in [0.1, 0.15) is 0 Å². The summed E-state index contributed by atoms with van der Waals surface area (Å²) in [5, 5.41) is 7.24. The Kier molecular flexibility index (Phi) is 7.43. The summed E-state index contributed by atoms with van der Waals surface area (Å²) >= 11 is 7.20. The fourth-order valence-electron chi connectivity index (χ4n) is 2.26. The van der Waals surface area contributed by atoms with Crippen LogP contribution >= 0.6 is 24.0 Å². The van der Waals surface area contributed by atoms with Crippen molar-refractivity contribution in [1.82, 2.24) is 5.32 Å². The van der Waals surface area contributed by atoms with Gasteiger partial charge in [-0.1, -0.05) is 43.7 Å². The lowest BCUT2D eigenvalue weighted by molar-refractivity contribution is 0.599. The Hall–Kier alpha value is -1.52. The standard InChI is InChI=1S/C19H24N2S2/c1-3-7-15(2)20-19(22)21-17-12-10-16(11-13-17)14-23-18-8-5-4-6-9-18/h4-6,8-13,15H,3,7,14H2,1-2H3,(H2,20,21,22)/t15-/m1/s1. The molecular formula is C19H24N2S2. The first-order chi connectivity index (χ1) is 11.2. The maximum atomic E-state index is 5.35. The van der Waals surface area contributed by atoms with Gasteiger partial charge in [-0.3, -0.25) is 0 Å². The van der Waals surface area contributed by atoms with Crippen LogP contribution in [-0.4, -0.2) is 11.2 Å². The molecule has 0 spiro atoms. The van der Waals surface area contributed by atoms with Crippen molar-refractivity contribution >= 4 is 34.8 Å². The number of benzene rings is 2. The second-order valence-corrected chi connectivity index (χ2v) is 7.04. The zero-order valence-electron chi connectivity index (χ0n) is 13.7. The number of anilines is 1. The van der Waals surface area contributed by atoms with Crippen LogP contribution in [0.1, 0.15) is 32.3 Å². The minimum atomic E-state index is 0.404. The number of hydrogen-bond donors (Lipinski definition) is 2. The lowest BCUT2D eigenvalue weighted by atomic mass is 10.2. The Labute approximate surface area is 149 Å². The Morgan fingerprint density at radius 2 is 1.78 bits per heavy atom. The predicted octanol–water partition coefficient (Wildman–Crippen LogP) is 5.45. The third-order valence-corrected chi connectivity index (χ3v) is 4.76. The van der Waals surface area contributed by atoms with Gasteiger partial charge < -0.3 is 10.6 Å². The fourth-order valence-corrected chi connectivity index (χ4v) is 3.46. The Bertz CT molecular complexity index is 597. The third-order valence-electron chi connectivity index (χ3n) is 3.46. The molecule has 2 rings (SSSR count). The minimum Gasteiger partial charge on any atom is -0.360 e. The summed E-state index contributed by atoms with van der Waals surface area (Å²) in [4.78, 5) is 1.30. The molecule has 0 amide bonds. The number of thiocarbonyl (C=S) groups is 1. The molecule has 0 saturated carbocycles. The number of thioether (sulfide) groups is 1. The monoisotopic (exact) mass is 344 g/mol. The molecule has 2 aromatic carbocycles. The van der Waals surface area contributed by atoms with Gasteiger partial charge >= 0.3 is 0 Å². The molecule has 0 aliphatic carbocycles. The molecule has 2 nitrogen and oxygen atoms in total. The van der Waals surface area contributed by atoms with Crippen molar-refractivity contribution < 1.29 is 0 Å². The van der Waals surface area contributed by atoms with Gasteiger partial charge in [0.25, 0.3) is 0 Å². The van der Waals surface area contributed by atoms with Crippen LogP contribution in [0.2, 0.25) is 0 Å². The van der Waals surface area contributed by atoms with Crippen LogP contribution in [0.4, 0.5) is 5.69 Å². The third kappa shape index (κ3) is 6.63. The average Bonchev–Trinajstić information content (AvgIpc) is 2.55.